The molecule has 0 bridgehead atoms. The first-order valence-electron chi connectivity index (χ1n) is 7.69. The van der Waals surface area contributed by atoms with Crippen molar-refractivity contribution in [3.63, 3.8) is 0 Å². The molecule has 3 unspecified atom stereocenters. The van der Waals surface area contributed by atoms with Crippen LogP contribution in [0.1, 0.15) is 44.6 Å². The van der Waals surface area contributed by atoms with Crippen molar-refractivity contribution >= 4 is 18.5 Å². The van der Waals surface area contributed by atoms with Gasteiger partial charge in [0.25, 0.3) is 0 Å². The van der Waals surface area contributed by atoms with E-state index in [0.717, 1.165) is 12.0 Å². The van der Waals surface area contributed by atoms with Gasteiger partial charge < -0.3 is 5.32 Å². The molecule has 1 N–H and O–H groups in total. The van der Waals surface area contributed by atoms with E-state index in [0.29, 0.717) is 18.4 Å². The number of carbonyl (C=O) groups is 1. The summed E-state index contributed by atoms with van der Waals surface area (Å²) in [6, 6.07) is 10.4. The van der Waals surface area contributed by atoms with Crippen LogP contribution in [0.5, 0.6) is 0 Å². The second-order valence-electron chi connectivity index (χ2n) is 5.94. The minimum atomic E-state index is -0.257. The third kappa shape index (κ3) is 4.55. The fourth-order valence-electron chi connectivity index (χ4n) is 2.92. The summed E-state index contributed by atoms with van der Waals surface area (Å²) in [5.41, 5.74) is 1.16. The predicted molar refractivity (Wildman–Crippen MR) is 87.1 cm³/mol. The van der Waals surface area contributed by atoms with Gasteiger partial charge in [0.15, 0.2) is 0 Å². The van der Waals surface area contributed by atoms with Crippen LogP contribution in [-0.2, 0) is 11.2 Å². The maximum atomic E-state index is 12.3. The Labute approximate surface area is 127 Å². The van der Waals surface area contributed by atoms with Crippen LogP contribution in [0.2, 0.25) is 0 Å². The predicted octanol–water partition coefficient (Wildman–Crippen LogP) is 3.61. The molecule has 0 heterocycles. The zero-order chi connectivity index (χ0) is 14.4. The molecule has 1 aliphatic rings. The Balaban J connectivity index is 1.87. The third-order valence-corrected chi connectivity index (χ3v) is 4.68. The lowest BCUT2D eigenvalue weighted by atomic mass is 9.96. The average Bonchev–Trinajstić information content (AvgIpc) is 2.65. The van der Waals surface area contributed by atoms with Gasteiger partial charge in [0.1, 0.15) is 0 Å². The van der Waals surface area contributed by atoms with Crippen molar-refractivity contribution in [3.05, 3.63) is 35.9 Å². The van der Waals surface area contributed by atoms with Crippen LogP contribution in [0.25, 0.3) is 0 Å². The summed E-state index contributed by atoms with van der Waals surface area (Å²) in [6.45, 7) is 2.25. The van der Waals surface area contributed by atoms with E-state index in [1.165, 1.54) is 25.7 Å². The van der Waals surface area contributed by atoms with Gasteiger partial charge in [0.05, 0.1) is 5.25 Å². The molecule has 1 fully saturated rings. The van der Waals surface area contributed by atoms with Crippen molar-refractivity contribution in [3.8, 4) is 0 Å². The number of benzene rings is 1. The van der Waals surface area contributed by atoms with Crippen LogP contribution in [0.3, 0.4) is 0 Å². The number of nitrogens with one attached hydrogen (secondary N) is 1. The van der Waals surface area contributed by atoms with E-state index in [2.05, 4.69) is 24.9 Å². The monoisotopic (exact) mass is 291 g/mol. The van der Waals surface area contributed by atoms with E-state index in [4.69, 9.17) is 0 Å². The fourth-order valence-corrected chi connectivity index (χ4v) is 3.20. The van der Waals surface area contributed by atoms with E-state index >= 15 is 0 Å². The number of hydrogen-bond acceptors (Lipinski definition) is 2. The molecule has 110 valence electrons. The van der Waals surface area contributed by atoms with Gasteiger partial charge in [-0.05, 0) is 30.7 Å². The first kappa shape index (κ1) is 15.4. The summed E-state index contributed by atoms with van der Waals surface area (Å²) in [4.78, 5) is 12.3. The van der Waals surface area contributed by atoms with Crippen LogP contribution < -0.4 is 5.32 Å². The van der Waals surface area contributed by atoms with Crippen molar-refractivity contribution in [1.29, 1.82) is 0 Å². The van der Waals surface area contributed by atoms with Gasteiger partial charge in [0, 0.05) is 6.04 Å². The summed E-state index contributed by atoms with van der Waals surface area (Å²) in [7, 11) is 0. The zero-order valence-electron chi connectivity index (χ0n) is 12.2. The number of thiol groups is 1. The van der Waals surface area contributed by atoms with Crippen molar-refractivity contribution in [2.24, 2.45) is 5.92 Å². The first-order valence-corrected chi connectivity index (χ1v) is 8.21. The number of hydrogen-bond donors (Lipinski definition) is 2. The molecule has 0 aromatic heterocycles. The van der Waals surface area contributed by atoms with Gasteiger partial charge in [0.2, 0.25) is 5.91 Å². The Morgan fingerprint density at radius 1 is 1.25 bits per heavy atom. The highest BCUT2D eigenvalue weighted by Crippen LogP contribution is 2.23. The van der Waals surface area contributed by atoms with Crippen molar-refractivity contribution in [2.45, 2.75) is 56.7 Å². The molecular formula is C17H25NOS. The molecule has 1 saturated carbocycles. The highest BCUT2D eigenvalue weighted by atomic mass is 32.1. The van der Waals surface area contributed by atoms with Crippen molar-refractivity contribution in [2.75, 3.05) is 0 Å². The highest BCUT2D eigenvalue weighted by molar-refractivity contribution is 7.81. The zero-order valence-corrected chi connectivity index (χ0v) is 13.1. The Morgan fingerprint density at radius 2 is 1.95 bits per heavy atom. The molecule has 2 nitrogen and oxygen atoms in total. The smallest absolute Gasteiger partial charge is 0.233 e. The van der Waals surface area contributed by atoms with Crippen LogP contribution in [-0.4, -0.2) is 17.2 Å². The topological polar surface area (TPSA) is 29.1 Å². The normalized spacial score (nSPS) is 24.7. The van der Waals surface area contributed by atoms with Gasteiger partial charge in [-0.2, -0.15) is 12.6 Å². The maximum Gasteiger partial charge on any atom is 0.233 e. The second kappa shape index (κ2) is 7.72. The van der Waals surface area contributed by atoms with Crippen molar-refractivity contribution in [1.82, 2.24) is 5.32 Å². The lowest BCUT2D eigenvalue weighted by Crippen LogP contribution is -2.43. The molecule has 0 saturated heterocycles. The number of amides is 1. The molecular weight excluding hydrogens is 266 g/mol. The Hall–Kier alpha value is -0.960. The van der Waals surface area contributed by atoms with E-state index < -0.39 is 0 Å². The standard InChI is InChI=1S/C17H25NOS/c1-13-8-4-2-7-11-15(13)18-17(19)16(20)12-14-9-5-3-6-10-14/h3,5-6,9-10,13,15-16,20H,2,4,7-8,11-12H2,1H3,(H,18,19). The molecule has 1 aromatic carbocycles. The highest BCUT2D eigenvalue weighted by Gasteiger charge is 2.24. The fraction of sp³-hybridized carbons (Fsp3) is 0.588. The molecule has 1 aliphatic carbocycles. The maximum absolute atomic E-state index is 12.3. The molecule has 20 heavy (non-hydrogen) atoms. The van der Waals surface area contributed by atoms with Crippen molar-refractivity contribution < 1.29 is 4.79 Å². The van der Waals surface area contributed by atoms with Gasteiger partial charge in [-0.3, -0.25) is 4.79 Å². The quantitative estimate of drug-likeness (QED) is 0.644. The van der Waals surface area contributed by atoms with E-state index in [1.807, 2.05) is 30.3 Å². The van der Waals surface area contributed by atoms with E-state index in [-0.39, 0.29) is 11.2 Å². The minimum absolute atomic E-state index is 0.0796. The molecule has 2 rings (SSSR count). The molecule has 0 aliphatic heterocycles. The molecule has 0 spiro atoms. The summed E-state index contributed by atoms with van der Waals surface area (Å²) >= 11 is 4.48. The van der Waals surface area contributed by atoms with E-state index in [9.17, 15) is 4.79 Å². The second-order valence-corrected chi connectivity index (χ2v) is 6.56. The van der Waals surface area contributed by atoms with Crippen LogP contribution in [0, 0.1) is 5.92 Å². The Kier molecular flexibility index (Phi) is 5.96. The lowest BCUT2D eigenvalue weighted by Gasteiger charge is -2.24. The summed E-state index contributed by atoms with van der Waals surface area (Å²) < 4.78 is 0. The van der Waals surface area contributed by atoms with Gasteiger partial charge in [-0.15, -0.1) is 0 Å². The molecule has 0 radical (unpaired) electrons. The molecule has 3 heteroatoms. The van der Waals surface area contributed by atoms with Crippen LogP contribution in [0.15, 0.2) is 30.3 Å². The largest absolute Gasteiger partial charge is 0.352 e. The van der Waals surface area contributed by atoms with Gasteiger partial charge in [-0.1, -0.05) is 56.5 Å². The Morgan fingerprint density at radius 3 is 2.70 bits per heavy atom. The SMILES string of the molecule is CC1CCCCCC1NC(=O)C(S)Cc1ccccc1. The summed E-state index contributed by atoms with van der Waals surface area (Å²) in [5, 5.41) is 2.96. The molecule has 3 atom stereocenters. The Bertz CT molecular complexity index is 420. The first-order chi connectivity index (χ1) is 9.66. The van der Waals surface area contributed by atoms with Crippen LogP contribution in [0.4, 0.5) is 0 Å². The lowest BCUT2D eigenvalue weighted by molar-refractivity contribution is -0.121. The number of carbonyl (C=O) groups excluding carboxylic acids is 1. The number of rotatable bonds is 4. The van der Waals surface area contributed by atoms with Gasteiger partial charge >= 0.3 is 0 Å². The summed E-state index contributed by atoms with van der Waals surface area (Å²) in [6.07, 6.45) is 6.84. The average molecular weight is 291 g/mol. The third-order valence-electron chi connectivity index (χ3n) is 4.26. The van der Waals surface area contributed by atoms with Gasteiger partial charge in [-0.25, -0.2) is 0 Å². The summed E-state index contributed by atoms with van der Waals surface area (Å²) in [5.74, 6) is 0.662. The molecule has 1 amide bonds. The molecule has 1 aromatic rings. The van der Waals surface area contributed by atoms with E-state index in [1.54, 1.807) is 0 Å². The minimum Gasteiger partial charge on any atom is -0.352 e. The van der Waals surface area contributed by atoms with Crippen LogP contribution >= 0.6 is 12.6 Å².